The normalized spacial score (nSPS) is 15.1. The Morgan fingerprint density at radius 3 is 2.37 bits per heavy atom. The van der Waals surface area contributed by atoms with Crippen LogP contribution in [0, 0.1) is 5.82 Å². The van der Waals surface area contributed by atoms with Crippen molar-refractivity contribution in [1.29, 1.82) is 0 Å². The number of likely N-dealkylation sites (tertiary alicyclic amines) is 1. The van der Waals surface area contributed by atoms with Gasteiger partial charge in [-0.3, -0.25) is 4.79 Å². The molecule has 0 bridgehead atoms. The Morgan fingerprint density at radius 1 is 1.11 bits per heavy atom. The summed E-state index contributed by atoms with van der Waals surface area (Å²) >= 11 is 0. The van der Waals surface area contributed by atoms with Gasteiger partial charge in [0.25, 0.3) is 0 Å². The molecule has 0 aliphatic carbocycles. The van der Waals surface area contributed by atoms with Crippen LogP contribution in [-0.2, 0) is 4.79 Å². The zero-order valence-corrected chi connectivity index (χ0v) is 16.3. The van der Waals surface area contributed by atoms with Crippen molar-refractivity contribution in [3.63, 3.8) is 0 Å². The van der Waals surface area contributed by atoms with Crippen LogP contribution >= 0.6 is 0 Å². The van der Waals surface area contributed by atoms with Crippen molar-refractivity contribution in [3.05, 3.63) is 59.9 Å². The van der Waals surface area contributed by atoms with Crippen LogP contribution in [0.4, 0.5) is 15.8 Å². The van der Waals surface area contributed by atoms with E-state index in [-0.39, 0.29) is 17.8 Å². The Hall–Kier alpha value is -2.56. The fourth-order valence-electron chi connectivity index (χ4n) is 3.38. The second kappa shape index (κ2) is 8.42. The summed E-state index contributed by atoms with van der Waals surface area (Å²) in [6.07, 6.45) is 2.08. The van der Waals surface area contributed by atoms with Gasteiger partial charge >= 0.3 is 0 Å². The second-order valence-corrected chi connectivity index (χ2v) is 7.39. The maximum Gasteiger partial charge on any atom is 0.249 e. The molecule has 1 saturated heterocycles. The summed E-state index contributed by atoms with van der Waals surface area (Å²) in [7, 11) is 1.87. The topological polar surface area (TPSA) is 35.6 Å². The van der Waals surface area contributed by atoms with E-state index in [4.69, 9.17) is 0 Å². The van der Waals surface area contributed by atoms with E-state index in [0.29, 0.717) is 11.4 Å². The first-order chi connectivity index (χ1) is 13.0. The summed E-state index contributed by atoms with van der Waals surface area (Å²) in [5.74, 6) is -0.251. The highest BCUT2D eigenvalue weighted by atomic mass is 19.1. The first kappa shape index (κ1) is 19.2. The lowest BCUT2D eigenvalue weighted by molar-refractivity contribution is -0.131. The molecule has 4 nitrogen and oxygen atoms in total. The molecule has 27 heavy (non-hydrogen) atoms. The average Bonchev–Trinajstić information content (AvgIpc) is 3.20. The van der Waals surface area contributed by atoms with E-state index in [1.165, 1.54) is 6.07 Å². The van der Waals surface area contributed by atoms with Gasteiger partial charge in [0.1, 0.15) is 11.9 Å². The number of halogens is 1. The molecule has 1 aliphatic rings. The highest BCUT2D eigenvalue weighted by Crippen LogP contribution is 2.28. The Labute approximate surface area is 161 Å². The standard InChI is InChI=1S/C22H28FN3O/c1-16(2)25(3)20-12-11-18(15-19(20)23)24-21(17-9-5-4-6-10-17)22(27)26-13-7-8-14-26/h4-6,9-12,15-16,21,24H,7-8,13-14H2,1-3H3. The largest absolute Gasteiger partial charge is 0.370 e. The Morgan fingerprint density at radius 2 is 1.78 bits per heavy atom. The molecule has 1 aliphatic heterocycles. The van der Waals surface area contributed by atoms with Crippen LogP contribution in [0.2, 0.25) is 0 Å². The molecule has 1 unspecified atom stereocenters. The summed E-state index contributed by atoms with van der Waals surface area (Å²) in [4.78, 5) is 16.8. The molecule has 3 rings (SSSR count). The molecule has 2 aromatic rings. The van der Waals surface area contributed by atoms with Gasteiger partial charge in [0.05, 0.1) is 5.69 Å². The monoisotopic (exact) mass is 369 g/mol. The van der Waals surface area contributed by atoms with E-state index >= 15 is 0 Å². The van der Waals surface area contributed by atoms with Gasteiger partial charge in [0.15, 0.2) is 0 Å². The summed E-state index contributed by atoms with van der Waals surface area (Å²) in [5, 5.41) is 3.26. The molecule has 0 aromatic heterocycles. The number of carbonyl (C=O) groups is 1. The van der Waals surface area contributed by atoms with Gasteiger partial charge < -0.3 is 15.1 Å². The smallest absolute Gasteiger partial charge is 0.249 e. The molecule has 1 amide bonds. The number of hydrogen-bond donors (Lipinski definition) is 1. The third-order valence-electron chi connectivity index (χ3n) is 5.21. The van der Waals surface area contributed by atoms with Gasteiger partial charge in [0.2, 0.25) is 5.91 Å². The maximum absolute atomic E-state index is 14.6. The van der Waals surface area contributed by atoms with E-state index in [2.05, 4.69) is 5.32 Å². The van der Waals surface area contributed by atoms with Crippen LogP contribution in [0.1, 0.15) is 38.3 Å². The molecule has 1 heterocycles. The predicted molar refractivity (Wildman–Crippen MR) is 109 cm³/mol. The number of nitrogens with one attached hydrogen (secondary N) is 1. The lowest BCUT2D eigenvalue weighted by Crippen LogP contribution is -2.36. The summed E-state index contributed by atoms with van der Waals surface area (Å²) in [5.41, 5.74) is 2.05. The summed E-state index contributed by atoms with van der Waals surface area (Å²) < 4.78 is 14.6. The third kappa shape index (κ3) is 4.41. The van der Waals surface area contributed by atoms with Gasteiger partial charge in [-0.1, -0.05) is 30.3 Å². The van der Waals surface area contributed by atoms with E-state index < -0.39 is 6.04 Å². The first-order valence-corrected chi connectivity index (χ1v) is 9.60. The van der Waals surface area contributed by atoms with Crippen LogP contribution in [0.15, 0.2) is 48.5 Å². The second-order valence-electron chi connectivity index (χ2n) is 7.39. The zero-order chi connectivity index (χ0) is 19.4. The van der Waals surface area contributed by atoms with Crippen LogP contribution in [0.25, 0.3) is 0 Å². The van der Waals surface area contributed by atoms with Crippen molar-refractivity contribution >= 4 is 17.3 Å². The minimum atomic E-state index is -0.516. The molecule has 1 fully saturated rings. The highest BCUT2D eigenvalue weighted by molar-refractivity contribution is 5.86. The van der Waals surface area contributed by atoms with Crippen molar-refractivity contribution in [2.45, 2.75) is 38.8 Å². The van der Waals surface area contributed by atoms with Crippen molar-refractivity contribution in [1.82, 2.24) is 4.90 Å². The molecular weight excluding hydrogens is 341 g/mol. The van der Waals surface area contributed by atoms with Crippen LogP contribution in [0.5, 0.6) is 0 Å². The van der Waals surface area contributed by atoms with Crippen LogP contribution < -0.4 is 10.2 Å². The predicted octanol–water partition coefficient (Wildman–Crippen LogP) is 4.45. The third-order valence-corrected chi connectivity index (χ3v) is 5.21. The average molecular weight is 369 g/mol. The molecule has 1 atom stereocenters. The number of benzene rings is 2. The zero-order valence-electron chi connectivity index (χ0n) is 16.3. The Bertz CT molecular complexity index is 772. The number of hydrogen-bond acceptors (Lipinski definition) is 3. The maximum atomic E-state index is 14.6. The van der Waals surface area contributed by atoms with Gasteiger partial charge in [-0.15, -0.1) is 0 Å². The van der Waals surface area contributed by atoms with Gasteiger partial charge in [-0.2, -0.15) is 0 Å². The van der Waals surface area contributed by atoms with E-state index in [0.717, 1.165) is 31.5 Å². The van der Waals surface area contributed by atoms with Crippen molar-refractivity contribution in [2.24, 2.45) is 0 Å². The van der Waals surface area contributed by atoms with Crippen molar-refractivity contribution < 1.29 is 9.18 Å². The van der Waals surface area contributed by atoms with Crippen molar-refractivity contribution in [2.75, 3.05) is 30.4 Å². The van der Waals surface area contributed by atoms with Crippen molar-refractivity contribution in [3.8, 4) is 0 Å². The molecule has 0 saturated carbocycles. The van der Waals surface area contributed by atoms with Gasteiger partial charge in [-0.25, -0.2) is 4.39 Å². The van der Waals surface area contributed by atoms with Gasteiger partial charge in [0, 0.05) is 31.9 Å². The first-order valence-electron chi connectivity index (χ1n) is 9.60. The minimum Gasteiger partial charge on any atom is -0.370 e. The SMILES string of the molecule is CC(C)N(C)c1ccc(NC(C(=O)N2CCCC2)c2ccccc2)cc1F. The number of carbonyl (C=O) groups excluding carboxylic acids is 1. The Kier molecular flexibility index (Phi) is 5.99. The number of nitrogens with zero attached hydrogens (tertiary/aromatic N) is 2. The lowest BCUT2D eigenvalue weighted by Gasteiger charge is -2.27. The minimum absolute atomic E-state index is 0.0440. The number of rotatable bonds is 6. The van der Waals surface area contributed by atoms with E-state index in [1.54, 1.807) is 6.07 Å². The molecular formula is C22H28FN3O. The van der Waals surface area contributed by atoms with E-state index in [1.807, 2.05) is 67.1 Å². The molecule has 0 spiro atoms. The van der Waals surface area contributed by atoms with Gasteiger partial charge in [-0.05, 0) is 50.5 Å². The fourth-order valence-corrected chi connectivity index (χ4v) is 3.38. The molecule has 144 valence electrons. The highest BCUT2D eigenvalue weighted by Gasteiger charge is 2.28. The van der Waals surface area contributed by atoms with E-state index in [9.17, 15) is 9.18 Å². The summed E-state index contributed by atoms with van der Waals surface area (Å²) in [6.45, 7) is 5.62. The molecule has 1 N–H and O–H groups in total. The Balaban J connectivity index is 1.86. The molecule has 2 aromatic carbocycles. The van der Waals surface area contributed by atoms with Crippen LogP contribution in [0.3, 0.4) is 0 Å². The molecule has 0 radical (unpaired) electrons. The fraction of sp³-hybridized carbons (Fsp3) is 0.409. The number of amides is 1. The summed E-state index contributed by atoms with van der Waals surface area (Å²) in [6, 6.07) is 14.4. The molecule has 5 heteroatoms. The lowest BCUT2D eigenvalue weighted by atomic mass is 10.0. The van der Waals surface area contributed by atoms with Crippen LogP contribution in [-0.4, -0.2) is 37.0 Å². The quantitative estimate of drug-likeness (QED) is 0.817. The number of anilines is 2.